The monoisotopic (exact) mass is 563 g/mol. The lowest BCUT2D eigenvalue weighted by molar-refractivity contribution is -0.126. The quantitative estimate of drug-likeness (QED) is 0.212. The zero-order valence-electron chi connectivity index (χ0n) is 23.6. The van der Waals surface area contributed by atoms with Crippen LogP contribution in [0.3, 0.4) is 0 Å². The summed E-state index contributed by atoms with van der Waals surface area (Å²) in [4.78, 5) is 49.5. The van der Waals surface area contributed by atoms with Gasteiger partial charge in [-0.3, -0.25) is 14.4 Å². The van der Waals surface area contributed by atoms with Crippen molar-refractivity contribution in [1.29, 1.82) is 0 Å². The third-order valence-corrected chi connectivity index (χ3v) is 7.48. The highest BCUT2D eigenvalue weighted by atomic mass is 16.2. The molecule has 5 rings (SSSR count). The summed E-state index contributed by atoms with van der Waals surface area (Å²) in [6, 6.07) is 19.2. The van der Waals surface area contributed by atoms with Crippen LogP contribution in [0.4, 0.5) is 5.82 Å². The Kier molecular flexibility index (Phi) is 7.88. The highest BCUT2D eigenvalue weighted by molar-refractivity contribution is 6.18. The van der Waals surface area contributed by atoms with Crippen molar-refractivity contribution < 1.29 is 14.4 Å². The molecule has 1 atom stereocenters. The van der Waals surface area contributed by atoms with Crippen molar-refractivity contribution in [1.82, 2.24) is 19.5 Å². The summed E-state index contributed by atoms with van der Waals surface area (Å²) < 4.78 is 1.17. The predicted molar refractivity (Wildman–Crippen MR) is 162 cm³/mol. The van der Waals surface area contributed by atoms with Crippen LogP contribution < -0.4 is 16.9 Å². The molecule has 1 fully saturated rings. The second-order valence-electron chi connectivity index (χ2n) is 10.6. The van der Waals surface area contributed by atoms with Gasteiger partial charge in [-0.15, -0.1) is 0 Å². The van der Waals surface area contributed by atoms with E-state index in [4.69, 9.17) is 16.6 Å². The van der Waals surface area contributed by atoms with E-state index in [0.29, 0.717) is 47.2 Å². The van der Waals surface area contributed by atoms with Crippen molar-refractivity contribution >= 4 is 29.1 Å². The van der Waals surface area contributed by atoms with Crippen LogP contribution in [-0.4, -0.2) is 43.8 Å². The van der Waals surface area contributed by atoms with Crippen LogP contribution in [0.1, 0.15) is 76.4 Å². The van der Waals surface area contributed by atoms with Crippen molar-refractivity contribution in [2.24, 2.45) is 5.73 Å². The normalized spacial score (nSPS) is 14.6. The van der Waals surface area contributed by atoms with Crippen molar-refractivity contribution in [2.45, 2.75) is 38.6 Å². The van der Waals surface area contributed by atoms with Crippen molar-refractivity contribution in [2.75, 3.05) is 17.7 Å². The molecule has 3 amide bonds. The maximum absolute atomic E-state index is 13.4. The minimum atomic E-state index is -0.756. The molecule has 5 N–H and O–H groups in total. The molecule has 1 aliphatic rings. The molecule has 0 aliphatic carbocycles. The molecule has 10 nitrogen and oxygen atoms in total. The number of carbonyl (C=O) groups is 3. The number of rotatable bonds is 8. The smallest absolute Gasteiger partial charge is 0.269 e. The number of primary amides is 1. The number of amides is 3. The van der Waals surface area contributed by atoms with E-state index < -0.39 is 11.9 Å². The van der Waals surface area contributed by atoms with E-state index >= 15 is 0 Å². The molecule has 0 spiro atoms. The maximum atomic E-state index is 13.4. The van der Waals surface area contributed by atoms with Crippen molar-refractivity contribution in [3.8, 4) is 11.3 Å². The molecule has 3 heterocycles. The summed E-state index contributed by atoms with van der Waals surface area (Å²) in [7, 11) is 0. The first-order chi connectivity index (χ1) is 20.2. The first-order valence-electron chi connectivity index (χ1n) is 13.8. The van der Waals surface area contributed by atoms with Crippen molar-refractivity contribution in [3.63, 3.8) is 0 Å². The topological polar surface area (TPSA) is 149 Å². The average Bonchev–Trinajstić information content (AvgIpc) is 3.61. The Hall–Kier alpha value is -5.25. The van der Waals surface area contributed by atoms with E-state index in [0.717, 1.165) is 17.5 Å². The summed E-state index contributed by atoms with van der Waals surface area (Å²) in [6.07, 6.45) is 3.02. The number of aromatic nitrogens is 3. The first-order valence-corrected chi connectivity index (χ1v) is 13.8. The summed E-state index contributed by atoms with van der Waals surface area (Å²) in [5.41, 5.74) is 9.14. The molecule has 1 aliphatic heterocycles. The second kappa shape index (κ2) is 11.7. The Labute approximate surface area is 244 Å². The summed E-state index contributed by atoms with van der Waals surface area (Å²) >= 11 is 0. The second-order valence-corrected chi connectivity index (χ2v) is 10.6. The lowest BCUT2D eigenvalue weighted by Crippen LogP contribution is -2.34. The molecular formula is C32H33N7O3. The lowest BCUT2D eigenvalue weighted by atomic mass is 10.0. The van der Waals surface area contributed by atoms with Gasteiger partial charge in [0.05, 0.1) is 6.04 Å². The van der Waals surface area contributed by atoms with E-state index in [9.17, 15) is 14.4 Å². The lowest BCUT2D eigenvalue weighted by Gasteiger charge is -2.25. The fourth-order valence-electron chi connectivity index (χ4n) is 5.18. The van der Waals surface area contributed by atoms with Gasteiger partial charge in [0.25, 0.3) is 17.7 Å². The molecule has 0 saturated carbocycles. The number of pyridine rings is 1. The molecule has 1 saturated heterocycles. The molecule has 2 aromatic heterocycles. The highest BCUT2D eigenvalue weighted by Gasteiger charge is 2.36. The first kappa shape index (κ1) is 28.3. The molecule has 1 unspecified atom stereocenters. The van der Waals surface area contributed by atoms with Gasteiger partial charge >= 0.3 is 0 Å². The zero-order chi connectivity index (χ0) is 30.0. The van der Waals surface area contributed by atoms with E-state index in [1.54, 1.807) is 35.4 Å². The minimum Gasteiger partial charge on any atom is -0.364 e. The number of carbonyl (C=O) groups excluding carboxylic acids is 3. The van der Waals surface area contributed by atoms with Crippen LogP contribution >= 0.6 is 0 Å². The molecular weight excluding hydrogens is 530 g/mol. The molecule has 4 aromatic rings. The fourth-order valence-corrected chi connectivity index (χ4v) is 5.18. The largest absolute Gasteiger partial charge is 0.364 e. The Morgan fingerprint density at radius 2 is 1.74 bits per heavy atom. The molecule has 0 bridgehead atoms. The molecule has 10 heteroatoms. The minimum absolute atomic E-state index is 0.0121. The Morgan fingerprint density at radius 1 is 1.02 bits per heavy atom. The van der Waals surface area contributed by atoms with Gasteiger partial charge in [-0.1, -0.05) is 62.9 Å². The van der Waals surface area contributed by atoms with Crippen LogP contribution in [0.2, 0.25) is 0 Å². The number of anilines is 1. The average molecular weight is 564 g/mol. The van der Waals surface area contributed by atoms with Gasteiger partial charge in [-0.2, -0.15) is 0 Å². The molecule has 0 radical (unpaired) electrons. The van der Waals surface area contributed by atoms with Gasteiger partial charge in [-0.25, -0.2) is 14.6 Å². The number of hydrogen-bond donors (Lipinski definition) is 3. The van der Waals surface area contributed by atoms with E-state index in [1.165, 1.54) is 4.68 Å². The van der Waals surface area contributed by atoms with Crippen molar-refractivity contribution in [3.05, 3.63) is 108 Å². The highest BCUT2D eigenvalue weighted by Crippen LogP contribution is 2.36. The van der Waals surface area contributed by atoms with E-state index in [-0.39, 0.29) is 23.2 Å². The summed E-state index contributed by atoms with van der Waals surface area (Å²) in [5, 5.41) is 2.82. The Balaban J connectivity index is 1.40. The Bertz CT molecular complexity index is 1660. The summed E-state index contributed by atoms with van der Waals surface area (Å²) in [5.74, 6) is 6.20. The number of nitrogen functional groups attached to an aromatic ring is 1. The standard InChI is InChI=1S/C32H33N7O3/c1-19(2)24-15-16-35-26(18-24)36-31(41)23-13-11-22(12-14-23)27-28(29(33)40)39(34)30(37-27)25-10-7-17-38(25)32(42)20(3)21-8-5-4-6-9-21/h4-6,8-9,11-16,18-19,25H,3,7,10,17,34H2,1-2H3,(H2,33,40)(H,35,36,41). The third kappa shape index (κ3) is 5.51. The van der Waals surface area contributed by atoms with Crippen LogP contribution in [0.5, 0.6) is 0 Å². The zero-order valence-corrected chi connectivity index (χ0v) is 23.6. The van der Waals surface area contributed by atoms with Gasteiger partial charge in [0.1, 0.15) is 11.5 Å². The fraction of sp³-hybridized carbons (Fsp3) is 0.219. The number of nitrogens with one attached hydrogen (secondary N) is 1. The van der Waals surface area contributed by atoms with Gasteiger partial charge < -0.3 is 21.8 Å². The van der Waals surface area contributed by atoms with Crippen LogP contribution in [0.25, 0.3) is 16.8 Å². The SMILES string of the molecule is C=C(C(=O)N1CCCC1c1nc(-c2ccc(C(=O)Nc3cc(C(C)C)ccn3)cc2)c(C(N)=O)n1N)c1ccccc1. The Morgan fingerprint density at radius 3 is 2.40 bits per heavy atom. The van der Waals surface area contributed by atoms with Gasteiger partial charge in [-0.05, 0) is 54.2 Å². The van der Waals surface area contributed by atoms with Gasteiger partial charge in [0.2, 0.25) is 0 Å². The number of nitrogens with zero attached hydrogens (tertiary/aromatic N) is 4. The molecule has 42 heavy (non-hydrogen) atoms. The van der Waals surface area contributed by atoms with Crippen LogP contribution in [-0.2, 0) is 4.79 Å². The third-order valence-electron chi connectivity index (χ3n) is 7.48. The van der Waals surface area contributed by atoms with E-state index in [2.05, 4.69) is 30.7 Å². The number of imidazole rings is 1. The van der Waals surface area contributed by atoms with Gasteiger partial charge in [0.15, 0.2) is 11.5 Å². The van der Waals surface area contributed by atoms with Crippen LogP contribution in [0.15, 0.2) is 79.5 Å². The maximum Gasteiger partial charge on any atom is 0.269 e. The number of hydrogen-bond acceptors (Lipinski definition) is 6. The summed E-state index contributed by atoms with van der Waals surface area (Å²) in [6.45, 7) is 8.66. The predicted octanol–water partition coefficient (Wildman–Crippen LogP) is 4.51. The number of likely N-dealkylation sites (tertiary alicyclic amines) is 1. The van der Waals surface area contributed by atoms with Gasteiger partial charge in [0, 0.05) is 29.4 Å². The molecule has 214 valence electrons. The number of benzene rings is 2. The number of nitrogens with two attached hydrogens (primary N) is 2. The van der Waals surface area contributed by atoms with Crippen LogP contribution in [0, 0.1) is 0 Å². The van der Waals surface area contributed by atoms with E-state index in [1.807, 2.05) is 42.5 Å². The molecule has 2 aromatic carbocycles.